The summed E-state index contributed by atoms with van der Waals surface area (Å²) in [5.74, 6) is 0. The van der Waals surface area contributed by atoms with Crippen LogP contribution >= 0.6 is 0 Å². The van der Waals surface area contributed by atoms with Crippen LogP contribution in [-0.4, -0.2) is 24.5 Å². The molecule has 3 heterocycles. The van der Waals surface area contributed by atoms with Gasteiger partial charge in [-0.2, -0.15) is 5.10 Å². The minimum absolute atomic E-state index is 0.270. The number of rotatable bonds is 2. The maximum absolute atomic E-state index is 12.2. The number of hydrogen-bond donors (Lipinski definition) is 0. The molecule has 114 valence electrons. The molecular weight excluding hydrogens is 292 g/mol. The normalized spacial score (nSPS) is 27.0. The molecule has 22 heavy (non-hydrogen) atoms. The third kappa shape index (κ3) is 2.26. The van der Waals surface area contributed by atoms with Crippen LogP contribution in [0.3, 0.4) is 0 Å². The van der Waals surface area contributed by atoms with Gasteiger partial charge in [0.05, 0.1) is 16.6 Å². The van der Waals surface area contributed by atoms with Gasteiger partial charge in [-0.1, -0.05) is 18.2 Å². The highest BCUT2D eigenvalue weighted by molar-refractivity contribution is 7.86. The summed E-state index contributed by atoms with van der Waals surface area (Å²) in [6.07, 6.45) is 5.38. The lowest BCUT2D eigenvalue weighted by molar-refractivity contribution is 0.674. The van der Waals surface area contributed by atoms with Gasteiger partial charge in [0.25, 0.3) is 0 Å². The number of hydrogen-bond acceptors (Lipinski definition) is 2. The summed E-state index contributed by atoms with van der Waals surface area (Å²) >= 11 is 0. The molecule has 0 spiro atoms. The van der Waals surface area contributed by atoms with E-state index in [1.807, 2.05) is 11.6 Å². The van der Waals surface area contributed by atoms with Crippen LogP contribution in [0.15, 0.2) is 36.4 Å². The number of benzene rings is 1. The fourth-order valence-electron chi connectivity index (χ4n) is 3.64. The lowest BCUT2D eigenvalue weighted by Crippen LogP contribution is -2.19. The molecule has 3 atom stereocenters. The van der Waals surface area contributed by atoms with Gasteiger partial charge < -0.3 is 0 Å². The van der Waals surface area contributed by atoms with Crippen LogP contribution in [0.4, 0.5) is 0 Å². The molecule has 2 aliphatic rings. The zero-order valence-corrected chi connectivity index (χ0v) is 13.8. The summed E-state index contributed by atoms with van der Waals surface area (Å²) in [6.45, 7) is 4.10. The molecule has 2 aromatic rings. The minimum atomic E-state index is -0.649. The van der Waals surface area contributed by atoms with Crippen molar-refractivity contribution in [2.24, 2.45) is 0 Å². The van der Waals surface area contributed by atoms with Crippen molar-refractivity contribution >= 4 is 16.4 Å². The molecule has 0 radical (unpaired) electrons. The van der Waals surface area contributed by atoms with Crippen LogP contribution in [0.25, 0.3) is 11.3 Å². The number of fused-ring (bicyclic) bond motifs is 2. The molecule has 1 aromatic heterocycles. The Morgan fingerprint density at radius 1 is 1.23 bits per heavy atom. The summed E-state index contributed by atoms with van der Waals surface area (Å²) in [5, 5.41) is 5.20. The van der Waals surface area contributed by atoms with Crippen molar-refractivity contribution in [1.29, 1.82) is 0 Å². The van der Waals surface area contributed by atoms with Crippen molar-refractivity contribution in [2.45, 2.75) is 43.6 Å². The zero-order valence-electron chi connectivity index (χ0n) is 13.0. The molecule has 0 aliphatic carbocycles. The summed E-state index contributed by atoms with van der Waals surface area (Å²) < 4.78 is 14.1. The first-order valence-corrected chi connectivity index (χ1v) is 9.13. The quantitative estimate of drug-likeness (QED) is 0.850. The first kappa shape index (κ1) is 13.9. The van der Waals surface area contributed by atoms with Gasteiger partial charge in [-0.15, -0.1) is 0 Å². The van der Waals surface area contributed by atoms with Gasteiger partial charge in [0.15, 0.2) is 0 Å². The molecule has 1 saturated heterocycles. The van der Waals surface area contributed by atoms with E-state index in [2.05, 4.69) is 48.4 Å². The Morgan fingerprint density at radius 3 is 2.82 bits per heavy atom. The van der Waals surface area contributed by atoms with Crippen LogP contribution in [0, 0.1) is 13.8 Å². The summed E-state index contributed by atoms with van der Waals surface area (Å²) in [4.78, 5) is 0. The Hall–Kier alpha value is -1.68. The van der Waals surface area contributed by atoms with E-state index < -0.39 is 10.8 Å². The second kappa shape index (κ2) is 5.20. The van der Waals surface area contributed by atoms with Crippen molar-refractivity contribution in [3.63, 3.8) is 0 Å². The van der Waals surface area contributed by atoms with Crippen LogP contribution in [-0.2, 0) is 10.8 Å². The van der Waals surface area contributed by atoms with Crippen LogP contribution in [0.5, 0.6) is 0 Å². The molecule has 4 rings (SSSR count). The fourth-order valence-corrected chi connectivity index (χ4v) is 5.52. The molecule has 3 nitrogen and oxygen atoms in total. The average molecular weight is 312 g/mol. The van der Waals surface area contributed by atoms with Crippen LogP contribution in [0.2, 0.25) is 0 Å². The Labute approximate surface area is 133 Å². The van der Waals surface area contributed by atoms with Crippen molar-refractivity contribution in [1.82, 2.24) is 9.78 Å². The van der Waals surface area contributed by atoms with Crippen LogP contribution < -0.4 is 0 Å². The molecule has 1 aromatic carbocycles. The number of aromatic nitrogens is 2. The Morgan fingerprint density at radius 2 is 2.09 bits per heavy atom. The highest BCUT2D eigenvalue weighted by Gasteiger charge is 2.36. The van der Waals surface area contributed by atoms with Gasteiger partial charge in [0.2, 0.25) is 0 Å². The third-order valence-corrected chi connectivity index (χ3v) is 6.73. The van der Waals surface area contributed by atoms with Crippen LogP contribution in [0.1, 0.15) is 36.2 Å². The average Bonchev–Trinajstić information content (AvgIpc) is 2.93. The van der Waals surface area contributed by atoms with Crippen molar-refractivity contribution in [3.8, 4) is 5.69 Å². The van der Waals surface area contributed by atoms with Crippen molar-refractivity contribution in [2.75, 3.05) is 0 Å². The van der Waals surface area contributed by atoms with E-state index in [9.17, 15) is 4.21 Å². The molecule has 0 saturated carbocycles. The first-order valence-electron chi connectivity index (χ1n) is 7.86. The summed E-state index contributed by atoms with van der Waals surface area (Å²) in [7, 11) is -0.649. The summed E-state index contributed by atoms with van der Waals surface area (Å²) in [5.41, 5.74) is 5.89. The molecule has 1 fully saturated rings. The van der Waals surface area contributed by atoms with Crippen molar-refractivity contribution in [3.05, 3.63) is 53.4 Å². The highest BCUT2D eigenvalue weighted by atomic mass is 32.2. The van der Waals surface area contributed by atoms with E-state index in [4.69, 9.17) is 0 Å². The molecule has 0 N–H and O–H groups in total. The van der Waals surface area contributed by atoms with Gasteiger partial charge in [-0.25, -0.2) is 4.68 Å². The monoisotopic (exact) mass is 312 g/mol. The van der Waals surface area contributed by atoms with E-state index in [1.54, 1.807) is 0 Å². The Balaban J connectivity index is 1.73. The molecule has 2 bridgehead atoms. The third-order valence-electron chi connectivity index (χ3n) is 4.71. The molecule has 2 aliphatic heterocycles. The molecule has 4 heteroatoms. The zero-order chi connectivity index (χ0) is 15.3. The van der Waals surface area contributed by atoms with Gasteiger partial charge in [0, 0.05) is 21.7 Å². The van der Waals surface area contributed by atoms with E-state index in [0.717, 1.165) is 36.3 Å². The van der Waals surface area contributed by atoms with Gasteiger partial charge in [0.1, 0.15) is 0 Å². The molecule has 3 unspecified atom stereocenters. The maximum Gasteiger partial charge on any atom is 0.0654 e. The fraction of sp³-hybridized carbons (Fsp3) is 0.389. The summed E-state index contributed by atoms with van der Waals surface area (Å²) in [6, 6.07) is 10.7. The lowest BCUT2D eigenvalue weighted by Gasteiger charge is -2.20. The van der Waals surface area contributed by atoms with E-state index in [0.29, 0.717) is 5.25 Å². The predicted octanol–water partition coefficient (Wildman–Crippen LogP) is 3.56. The van der Waals surface area contributed by atoms with Crippen molar-refractivity contribution < 1.29 is 4.21 Å². The SMILES string of the molecule is Cc1cc(C)n(-c2cccc(C3=CC4CCC(C3)S4=O)c2)n1. The van der Waals surface area contributed by atoms with Gasteiger partial charge in [-0.05, 0) is 62.4 Å². The number of aryl methyl sites for hydroxylation is 2. The van der Waals surface area contributed by atoms with E-state index >= 15 is 0 Å². The van der Waals surface area contributed by atoms with E-state index in [1.165, 1.54) is 11.1 Å². The smallest absolute Gasteiger partial charge is 0.0654 e. The number of allylic oxidation sites excluding steroid dienone is 1. The largest absolute Gasteiger partial charge is 0.259 e. The van der Waals surface area contributed by atoms with E-state index in [-0.39, 0.29) is 5.25 Å². The second-order valence-electron chi connectivity index (χ2n) is 6.35. The molecule has 0 amide bonds. The first-order chi connectivity index (χ1) is 10.6. The minimum Gasteiger partial charge on any atom is -0.259 e. The maximum atomic E-state index is 12.2. The lowest BCUT2D eigenvalue weighted by atomic mass is 10.0. The standard InChI is InChI=1S/C18H20N2OS/c1-12-8-13(2)20(19-12)16-5-3-4-14(9-16)15-10-17-6-7-18(11-15)22(17)21/h3-5,8-10,17-18H,6-7,11H2,1-2H3. The number of nitrogens with zero attached hydrogens (tertiary/aromatic N) is 2. The van der Waals surface area contributed by atoms with Gasteiger partial charge >= 0.3 is 0 Å². The second-order valence-corrected chi connectivity index (χ2v) is 8.28. The predicted molar refractivity (Wildman–Crippen MR) is 90.6 cm³/mol. The highest BCUT2D eigenvalue weighted by Crippen LogP contribution is 2.38. The Bertz CT molecular complexity index is 790. The van der Waals surface area contributed by atoms with Gasteiger partial charge in [-0.3, -0.25) is 4.21 Å². The Kier molecular flexibility index (Phi) is 3.30. The topological polar surface area (TPSA) is 34.9 Å². The molecular formula is C18H20N2OS.